The van der Waals surface area contributed by atoms with Crippen LogP contribution in [0.4, 0.5) is 5.69 Å². The maximum absolute atomic E-state index is 12.1. The van der Waals surface area contributed by atoms with E-state index in [9.17, 15) is 4.79 Å². The predicted octanol–water partition coefficient (Wildman–Crippen LogP) is 3.53. The number of aryl methyl sites for hydroxylation is 1. The third-order valence-corrected chi connectivity index (χ3v) is 3.50. The highest BCUT2D eigenvalue weighted by molar-refractivity contribution is 7.80. The van der Waals surface area contributed by atoms with Crippen molar-refractivity contribution in [3.8, 4) is 0 Å². The molecule has 0 saturated carbocycles. The molecule has 1 amide bonds. The quantitative estimate of drug-likeness (QED) is 0.853. The van der Waals surface area contributed by atoms with Crippen molar-refractivity contribution in [1.29, 1.82) is 0 Å². The summed E-state index contributed by atoms with van der Waals surface area (Å²) in [6.45, 7) is 1.91. The Balaban J connectivity index is 2.15. The minimum Gasteiger partial charge on any atom is -0.389 e. The summed E-state index contributed by atoms with van der Waals surface area (Å²) in [6.07, 6.45) is 0. The summed E-state index contributed by atoms with van der Waals surface area (Å²) in [5, 5.41) is 3.40. The molecule has 0 aliphatic heterocycles. The van der Waals surface area contributed by atoms with Crippen LogP contribution in [0.25, 0.3) is 0 Å². The van der Waals surface area contributed by atoms with Gasteiger partial charge in [0.1, 0.15) is 4.99 Å². The van der Waals surface area contributed by atoms with Gasteiger partial charge >= 0.3 is 0 Å². The number of anilines is 1. The van der Waals surface area contributed by atoms with E-state index in [0.29, 0.717) is 21.3 Å². The van der Waals surface area contributed by atoms with Gasteiger partial charge in [0, 0.05) is 21.8 Å². The number of hydrogen-bond acceptors (Lipinski definition) is 2. The molecule has 2 aromatic rings. The molecule has 0 radical (unpaired) electrons. The summed E-state index contributed by atoms with van der Waals surface area (Å²) in [6, 6.07) is 12.2. The van der Waals surface area contributed by atoms with E-state index >= 15 is 0 Å². The molecule has 0 aromatic heterocycles. The van der Waals surface area contributed by atoms with Crippen molar-refractivity contribution in [3.05, 3.63) is 64.2 Å². The lowest BCUT2D eigenvalue weighted by Crippen LogP contribution is -2.13. The van der Waals surface area contributed by atoms with Crippen molar-refractivity contribution in [2.75, 3.05) is 5.32 Å². The van der Waals surface area contributed by atoms with Crippen LogP contribution in [0.1, 0.15) is 21.5 Å². The van der Waals surface area contributed by atoms with Gasteiger partial charge in [-0.05, 0) is 36.8 Å². The Bertz CT molecular complexity index is 668. The van der Waals surface area contributed by atoms with Crippen LogP contribution in [-0.4, -0.2) is 10.9 Å². The molecule has 5 heteroatoms. The fourth-order valence-electron chi connectivity index (χ4n) is 1.66. The van der Waals surface area contributed by atoms with Gasteiger partial charge in [0.05, 0.1) is 0 Å². The summed E-state index contributed by atoms with van der Waals surface area (Å²) in [5.74, 6) is -0.209. The zero-order valence-electron chi connectivity index (χ0n) is 10.8. The van der Waals surface area contributed by atoms with Crippen molar-refractivity contribution in [3.63, 3.8) is 0 Å². The fraction of sp³-hybridized carbons (Fsp3) is 0.0667. The van der Waals surface area contributed by atoms with E-state index in [-0.39, 0.29) is 5.91 Å². The predicted molar refractivity (Wildman–Crippen MR) is 86.5 cm³/mol. The monoisotopic (exact) mass is 304 g/mol. The molecule has 2 rings (SSSR count). The molecule has 0 saturated heterocycles. The fourth-order valence-corrected chi connectivity index (χ4v) is 1.98. The topological polar surface area (TPSA) is 55.1 Å². The van der Waals surface area contributed by atoms with Crippen LogP contribution >= 0.6 is 23.8 Å². The maximum Gasteiger partial charge on any atom is 0.255 e. The summed E-state index contributed by atoms with van der Waals surface area (Å²) in [4.78, 5) is 12.4. The second kappa shape index (κ2) is 6.03. The van der Waals surface area contributed by atoms with Crippen molar-refractivity contribution >= 4 is 40.4 Å². The molecule has 0 fully saturated rings. The van der Waals surface area contributed by atoms with Gasteiger partial charge in [-0.25, -0.2) is 0 Å². The zero-order valence-corrected chi connectivity index (χ0v) is 12.4. The Morgan fingerprint density at radius 1 is 1.15 bits per heavy atom. The molecule has 0 unspecified atom stereocenters. The normalized spacial score (nSPS) is 10.1. The van der Waals surface area contributed by atoms with Crippen LogP contribution < -0.4 is 11.1 Å². The van der Waals surface area contributed by atoms with E-state index in [1.807, 2.05) is 19.1 Å². The van der Waals surface area contributed by atoms with E-state index in [0.717, 1.165) is 11.1 Å². The molecule has 0 spiro atoms. The van der Waals surface area contributed by atoms with Crippen LogP contribution in [0.3, 0.4) is 0 Å². The highest BCUT2D eigenvalue weighted by Crippen LogP contribution is 2.20. The largest absolute Gasteiger partial charge is 0.389 e. The van der Waals surface area contributed by atoms with Crippen molar-refractivity contribution < 1.29 is 4.79 Å². The Hall–Kier alpha value is -1.91. The minimum absolute atomic E-state index is 0.209. The third-order valence-electron chi connectivity index (χ3n) is 2.86. The number of carbonyl (C=O) groups excluding carboxylic acids is 1. The lowest BCUT2D eigenvalue weighted by Gasteiger charge is -2.07. The molecule has 0 bridgehead atoms. The van der Waals surface area contributed by atoms with Gasteiger partial charge in [-0.2, -0.15) is 0 Å². The Morgan fingerprint density at radius 2 is 1.75 bits per heavy atom. The van der Waals surface area contributed by atoms with Crippen molar-refractivity contribution in [2.45, 2.75) is 6.92 Å². The lowest BCUT2D eigenvalue weighted by atomic mass is 10.1. The molecule has 20 heavy (non-hydrogen) atoms. The molecule has 0 heterocycles. The van der Waals surface area contributed by atoms with Crippen LogP contribution in [0, 0.1) is 6.92 Å². The molecule has 0 aliphatic rings. The lowest BCUT2D eigenvalue weighted by molar-refractivity contribution is 0.102. The Morgan fingerprint density at radius 3 is 2.30 bits per heavy atom. The highest BCUT2D eigenvalue weighted by atomic mass is 35.5. The molecule has 2 aromatic carbocycles. The molecule has 0 atom stereocenters. The SMILES string of the molecule is Cc1ccc(NC(=O)c2ccc(C(N)=S)cc2)cc1Cl. The summed E-state index contributed by atoms with van der Waals surface area (Å²) < 4.78 is 0. The van der Waals surface area contributed by atoms with Gasteiger partial charge < -0.3 is 11.1 Å². The second-order valence-corrected chi connectivity index (χ2v) is 5.21. The van der Waals surface area contributed by atoms with Crippen LogP contribution in [0.15, 0.2) is 42.5 Å². The third kappa shape index (κ3) is 3.35. The molecule has 102 valence electrons. The van der Waals surface area contributed by atoms with Gasteiger partial charge in [-0.3, -0.25) is 4.79 Å². The molecule has 3 nitrogen and oxygen atoms in total. The number of nitrogens with two attached hydrogens (primary N) is 1. The first-order valence-electron chi connectivity index (χ1n) is 5.95. The number of nitrogens with one attached hydrogen (secondary N) is 1. The average molecular weight is 305 g/mol. The number of carbonyl (C=O) groups is 1. The molecular weight excluding hydrogens is 292 g/mol. The van der Waals surface area contributed by atoms with Gasteiger partial charge in [0.15, 0.2) is 0 Å². The minimum atomic E-state index is -0.209. The average Bonchev–Trinajstić information content (AvgIpc) is 2.43. The first-order valence-corrected chi connectivity index (χ1v) is 6.73. The first-order chi connectivity index (χ1) is 9.47. The number of thiocarbonyl (C=S) groups is 1. The summed E-state index contributed by atoms with van der Waals surface area (Å²) in [5.41, 5.74) is 8.39. The van der Waals surface area contributed by atoms with Crippen LogP contribution in [0.5, 0.6) is 0 Å². The van der Waals surface area contributed by atoms with Crippen LogP contribution in [0.2, 0.25) is 5.02 Å². The van der Waals surface area contributed by atoms with Crippen molar-refractivity contribution in [2.24, 2.45) is 5.73 Å². The smallest absolute Gasteiger partial charge is 0.255 e. The van der Waals surface area contributed by atoms with E-state index in [1.54, 1.807) is 30.3 Å². The Kier molecular flexibility index (Phi) is 4.37. The zero-order chi connectivity index (χ0) is 14.7. The van der Waals surface area contributed by atoms with E-state index in [1.165, 1.54) is 0 Å². The maximum atomic E-state index is 12.1. The van der Waals surface area contributed by atoms with Crippen LogP contribution in [-0.2, 0) is 0 Å². The number of amides is 1. The van der Waals surface area contributed by atoms with Crippen molar-refractivity contribution in [1.82, 2.24) is 0 Å². The summed E-state index contributed by atoms with van der Waals surface area (Å²) >= 11 is 10.9. The number of benzene rings is 2. The standard InChI is InChI=1S/C15H13ClN2OS/c1-9-2-7-12(8-13(9)16)18-15(19)11-5-3-10(4-6-11)14(17)20/h2-8H,1H3,(H2,17,20)(H,18,19). The molecule has 3 N–H and O–H groups in total. The number of rotatable bonds is 3. The van der Waals surface area contributed by atoms with E-state index < -0.39 is 0 Å². The van der Waals surface area contributed by atoms with Gasteiger partial charge in [0.25, 0.3) is 5.91 Å². The number of halogens is 1. The van der Waals surface area contributed by atoms with E-state index in [2.05, 4.69) is 5.32 Å². The summed E-state index contributed by atoms with van der Waals surface area (Å²) in [7, 11) is 0. The first kappa shape index (κ1) is 14.5. The Labute approximate surface area is 127 Å². The van der Waals surface area contributed by atoms with E-state index in [4.69, 9.17) is 29.6 Å². The second-order valence-electron chi connectivity index (χ2n) is 4.36. The molecular formula is C15H13ClN2OS. The number of hydrogen-bond donors (Lipinski definition) is 2. The van der Waals surface area contributed by atoms with Gasteiger partial charge in [0.2, 0.25) is 0 Å². The highest BCUT2D eigenvalue weighted by Gasteiger charge is 2.07. The van der Waals surface area contributed by atoms with Gasteiger partial charge in [-0.1, -0.05) is 42.0 Å². The molecule has 0 aliphatic carbocycles. The van der Waals surface area contributed by atoms with Gasteiger partial charge in [-0.15, -0.1) is 0 Å².